The predicted molar refractivity (Wildman–Crippen MR) is 63.4 cm³/mol. The first-order chi connectivity index (χ1) is 7.83. The fraction of sp³-hybridized carbons (Fsp3) is 0.0714. The highest BCUT2D eigenvalue weighted by molar-refractivity contribution is 6.24. The van der Waals surface area contributed by atoms with Gasteiger partial charge in [0.25, 0.3) is 0 Å². The van der Waals surface area contributed by atoms with Crippen molar-refractivity contribution in [3.63, 3.8) is 0 Å². The summed E-state index contributed by atoms with van der Waals surface area (Å²) in [5.74, 6) is -0.200. The summed E-state index contributed by atoms with van der Waals surface area (Å²) in [4.78, 5) is 4.21. The minimum absolute atomic E-state index is 0.200. The molecule has 0 fully saturated rings. The van der Waals surface area contributed by atoms with Gasteiger partial charge in [-0.1, -0.05) is 36.4 Å². The quantitative estimate of drug-likeness (QED) is 0.541. The summed E-state index contributed by atoms with van der Waals surface area (Å²) in [7, 11) is 1.70. The number of hydrogen-bond donors (Lipinski definition) is 0. The molecule has 0 aliphatic heterocycles. The maximum Gasteiger partial charge on any atom is 0.133 e. The summed E-state index contributed by atoms with van der Waals surface area (Å²) in [6.45, 7) is 0. The van der Waals surface area contributed by atoms with Crippen LogP contribution in [0.4, 0.5) is 4.39 Å². The van der Waals surface area contributed by atoms with Gasteiger partial charge in [-0.3, -0.25) is 4.99 Å². The molecule has 0 radical (unpaired) electrons. The van der Waals surface area contributed by atoms with Crippen molar-refractivity contribution in [3.8, 4) is 11.1 Å². The van der Waals surface area contributed by atoms with E-state index >= 15 is 0 Å². The lowest BCUT2D eigenvalue weighted by Crippen LogP contribution is -2.00. The molecule has 2 aromatic carbocycles. The maximum absolute atomic E-state index is 13.8. The maximum atomic E-state index is 13.8. The zero-order valence-electron chi connectivity index (χ0n) is 8.87. The predicted octanol–water partition coefficient (Wildman–Crippen LogP) is 3.27. The second-order valence-corrected chi connectivity index (χ2v) is 3.78. The Labute approximate surface area is 93.3 Å². The Morgan fingerprint density at radius 2 is 1.56 bits per heavy atom. The molecule has 0 amide bonds. The molecule has 2 aromatic rings. The van der Waals surface area contributed by atoms with Crippen molar-refractivity contribution in [1.29, 1.82) is 0 Å². The molecule has 3 rings (SSSR count). The van der Waals surface area contributed by atoms with E-state index in [9.17, 15) is 4.39 Å². The van der Waals surface area contributed by atoms with Crippen molar-refractivity contribution in [1.82, 2.24) is 0 Å². The molecule has 0 bridgehead atoms. The van der Waals surface area contributed by atoms with Crippen LogP contribution in [-0.2, 0) is 0 Å². The Morgan fingerprint density at radius 1 is 0.875 bits per heavy atom. The first-order valence-corrected chi connectivity index (χ1v) is 5.18. The third-order valence-electron chi connectivity index (χ3n) is 2.95. The summed E-state index contributed by atoms with van der Waals surface area (Å²) in [6, 6.07) is 13.1. The van der Waals surface area contributed by atoms with Gasteiger partial charge in [0, 0.05) is 18.2 Å². The van der Waals surface area contributed by atoms with E-state index in [-0.39, 0.29) is 5.82 Å². The molecule has 0 heterocycles. The zero-order valence-corrected chi connectivity index (χ0v) is 8.87. The van der Waals surface area contributed by atoms with Crippen molar-refractivity contribution in [3.05, 3.63) is 59.4 Å². The van der Waals surface area contributed by atoms with E-state index in [0.29, 0.717) is 5.56 Å². The van der Waals surface area contributed by atoms with Crippen LogP contribution in [0.5, 0.6) is 0 Å². The van der Waals surface area contributed by atoms with Crippen LogP contribution in [-0.4, -0.2) is 12.8 Å². The lowest BCUT2D eigenvalue weighted by atomic mass is 10.1. The van der Waals surface area contributed by atoms with Crippen LogP contribution in [0.3, 0.4) is 0 Å². The highest BCUT2D eigenvalue weighted by atomic mass is 19.1. The lowest BCUT2D eigenvalue weighted by molar-refractivity contribution is 0.626. The van der Waals surface area contributed by atoms with E-state index in [4.69, 9.17) is 0 Å². The number of aliphatic imine (C=N–C) groups is 1. The van der Waals surface area contributed by atoms with Crippen molar-refractivity contribution < 1.29 is 4.39 Å². The summed E-state index contributed by atoms with van der Waals surface area (Å²) < 4.78 is 13.8. The Hall–Kier alpha value is -1.96. The number of nitrogens with zero attached hydrogens (tertiary/aromatic N) is 1. The normalized spacial score (nSPS) is 15.0. The minimum Gasteiger partial charge on any atom is -0.287 e. The third kappa shape index (κ3) is 1.07. The van der Waals surface area contributed by atoms with Gasteiger partial charge in [-0.15, -0.1) is 0 Å². The van der Waals surface area contributed by atoms with Gasteiger partial charge in [0.05, 0.1) is 5.71 Å². The molecule has 0 aromatic heterocycles. The largest absolute Gasteiger partial charge is 0.287 e. The second kappa shape index (κ2) is 3.27. The Bertz CT molecular complexity index is 599. The zero-order chi connectivity index (χ0) is 11.1. The standard InChI is InChI=1S/C14H10FN/c1-16-14-11-6-3-2-5-9(11)10-7-4-8-12(15)13(10)14/h2-8H,1H3. The van der Waals surface area contributed by atoms with Crippen molar-refractivity contribution in [2.24, 2.45) is 4.99 Å². The van der Waals surface area contributed by atoms with Gasteiger partial charge in [0.1, 0.15) is 5.82 Å². The van der Waals surface area contributed by atoms with Crippen LogP contribution in [0.25, 0.3) is 11.1 Å². The van der Waals surface area contributed by atoms with Gasteiger partial charge < -0.3 is 0 Å². The Balaban J connectivity index is 2.44. The molecule has 78 valence electrons. The van der Waals surface area contributed by atoms with E-state index in [2.05, 4.69) is 4.99 Å². The number of halogens is 1. The van der Waals surface area contributed by atoms with E-state index in [0.717, 1.165) is 22.4 Å². The van der Waals surface area contributed by atoms with Gasteiger partial charge in [0.2, 0.25) is 0 Å². The SMILES string of the molecule is CN=C1c2ccccc2-c2cccc(F)c21. The third-order valence-corrected chi connectivity index (χ3v) is 2.95. The fourth-order valence-corrected chi connectivity index (χ4v) is 2.28. The van der Waals surface area contributed by atoms with Crippen molar-refractivity contribution in [2.75, 3.05) is 7.05 Å². The van der Waals surface area contributed by atoms with Crippen LogP contribution in [0, 0.1) is 5.82 Å². The number of benzene rings is 2. The Kier molecular flexibility index (Phi) is 1.90. The monoisotopic (exact) mass is 211 g/mol. The molecule has 0 spiro atoms. The average Bonchev–Trinajstić information content (AvgIpc) is 2.65. The van der Waals surface area contributed by atoms with Gasteiger partial charge in [0.15, 0.2) is 0 Å². The summed E-state index contributed by atoms with van der Waals surface area (Å²) >= 11 is 0. The van der Waals surface area contributed by atoms with Gasteiger partial charge in [-0.2, -0.15) is 0 Å². The molecule has 1 aliphatic carbocycles. The molecule has 1 nitrogen and oxygen atoms in total. The molecule has 16 heavy (non-hydrogen) atoms. The first kappa shape index (κ1) is 9.28. The molecule has 0 saturated heterocycles. The summed E-state index contributed by atoms with van der Waals surface area (Å²) in [6.07, 6.45) is 0. The molecule has 0 unspecified atom stereocenters. The fourth-order valence-electron chi connectivity index (χ4n) is 2.28. The smallest absolute Gasteiger partial charge is 0.133 e. The highest BCUT2D eigenvalue weighted by Gasteiger charge is 2.26. The van der Waals surface area contributed by atoms with E-state index < -0.39 is 0 Å². The average molecular weight is 211 g/mol. The van der Waals surface area contributed by atoms with Crippen LogP contribution in [0.2, 0.25) is 0 Å². The topological polar surface area (TPSA) is 12.4 Å². The molecular formula is C14H10FN. The second-order valence-electron chi connectivity index (χ2n) is 3.78. The summed E-state index contributed by atoms with van der Waals surface area (Å²) in [5, 5.41) is 0. The van der Waals surface area contributed by atoms with Crippen LogP contribution in [0.1, 0.15) is 11.1 Å². The highest BCUT2D eigenvalue weighted by Crippen LogP contribution is 2.37. The van der Waals surface area contributed by atoms with E-state index in [1.54, 1.807) is 13.1 Å². The molecule has 1 aliphatic rings. The van der Waals surface area contributed by atoms with Gasteiger partial charge in [-0.05, 0) is 17.2 Å². The summed E-state index contributed by atoms with van der Waals surface area (Å²) in [5.41, 5.74) is 4.41. The van der Waals surface area contributed by atoms with E-state index in [1.807, 2.05) is 30.3 Å². The number of fused-ring (bicyclic) bond motifs is 3. The van der Waals surface area contributed by atoms with Crippen LogP contribution < -0.4 is 0 Å². The first-order valence-electron chi connectivity index (χ1n) is 5.18. The molecular weight excluding hydrogens is 201 g/mol. The molecule has 0 N–H and O–H groups in total. The lowest BCUT2D eigenvalue weighted by Gasteiger charge is -2.00. The molecule has 2 heteroatoms. The number of hydrogen-bond acceptors (Lipinski definition) is 1. The van der Waals surface area contributed by atoms with Crippen LogP contribution in [0.15, 0.2) is 47.5 Å². The van der Waals surface area contributed by atoms with Gasteiger partial charge >= 0.3 is 0 Å². The Morgan fingerprint density at radius 3 is 2.31 bits per heavy atom. The van der Waals surface area contributed by atoms with Crippen LogP contribution >= 0.6 is 0 Å². The number of rotatable bonds is 0. The van der Waals surface area contributed by atoms with Crippen molar-refractivity contribution in [2.45, 2.75) is 0 Å². The molecule has 0 saturated carbocycles. The van der Waals surface area contributed by atoms with E-state index in [1.165, 1.54) is 6.07 Å². The van der Waals surface area contributed by atoms with Gasteiger partial charge in [-0.25, -0.2) is 4.39 Å². The minimum atomic E-state index is -0.200. The van der Waals surface area contributed by atoms with Crippen molar-refractivity contribution >= 4 is 5.71 Å². The molecule has 0 atom stereocenters.